The molecule has 1 aromatic heterocycles. The predicted octanol–water partition coefficient (Wildman–Crippen LogP) is 2.18. The number of methoxy groups -OCH3 is 2. The third-order valence-corrected chi connectivity index (χ3v) is 3.11. The summed E-state index contributed by atoms with van der Waals surface area (Å²) in [5, 5.41) is 0. The maximum Gasteiger partial charge on any atom is 0.219 e. The number of hydrogen-bond acceptors (Lipinski definition) is 5. The molecule has 1 aromatic carbocycles. The van der Waals surface area contributed by atoms with Crippen molar-refractivity contribution in [2.24, 2.45) is 5.73 Å². The Labute approximate surface area is 124 Å². The molecule has 0 unspecified atom stereocenters. The van der Waals surface area contributed by atoms with Crippen molar-refractivity contribution in [2.75, 3.05) is 20.8 Å². The lowest BCUT2D eigenvalue weighted by molar-refractivity contribution is 0.289. The Bertz CT molecular complexity index is 587. The first-order valence-electron chi connectivity index (χ1n) is 6.76. The molecule has 5 heteroatoms. The number of nitrogens with zero attached hydrogens (tertiary/aromatic N) is 1. The number of rotatable bonds is 7. The molecule has 2 aromatic rings. The van der Waals surface area contributed by atoms with Crippen LogP contribution in [0.1, 0.15) is 11.1 Å². The molecule has 112 valence electrons. The first-order valence-corrected chi connectivity index (χ1v) is 6.76. The number of ether oxygens (including phenoxy) is 3. The zero-order chi connectivity index (χ0) is 15.1. The van der Waals surface area contributed by atoms with Crippen LogP contribution in [0.25, 0.3) is 0 Å². The van der Waals surface area contributed by atoms with E-state index in [2.05, 4.69) is 4.98 Å². The van der Waals surface area contributed by atoms with Gasteiger partial charge in [0.05, 0.1) is 19.8 Å². The van der Waals surface area contributed by atoms with Crippen LogP contribution >= 0.6 is 0 Å². The van der Waals surface area contributed by atoms with Crippen molar-refractivity contribution in [2.45, 2.75) is 13.0 Å². The first kappa shape index (κ1) is 15.1. The molecule has 0 atom stereocenters. The maximum absolute atomic E-state index is 5.91. The van der Waals surface area contributed by atoms with Gasteiger partial charge < -0.3 is 19.9 Å². The van der Waals surface area contributed by atoms with Gasteiger partial charge in [0.2, 0.25) is 5.88 Å². The summed E-state index contributed by atoms with van der Waals surface area (Å²) in [4.78, 5) is 4.16. The van der Waals surface area contributed by atoms with Gasteiger partial charge in [-0.05, 0) is 36.7 Å². The summed E-state index contributed by atoms with van der Waals surface area (Å²) >= 11 is 0. The van der Waals surface area contributed by atoms with Gasteiger partial charge in [0.25, 0.3) is 0 Å². The molecule has 1 heterocycles. The molecule has 2 N–H and O–H groups in total. The fraction of sp³-hybridized carbons (Fsp3) is 0.312. The molecule has 0 saturated carbocycles. The molecule has 5 nitrogen and oxygen atoms in total. The van der Waals surface area contributed by atoms with Crippen molar-refractivity contribution >= 4 is 0 Å². The summed E-state index contributed by atoms with van der Waals surface area (Å²) in [7, 11) is 3.23. The normalized spacial score (nSPS) is 10.2. The summed E-state index contributed by atoms with van der Waals surface area (Å²) in [5.41, 5.74) is 7.58. The van der Waals surface area contributed by atoms with Gasteiger partial charge in [-0.3, -0.25) is 0 Å². The predicted molar refractivity (Wildman–Crippen MR) is 80.9 cm³/mol. The zero-order valence-corrected chi connectivity index (χ0v) is 12.3. The highest BCUT2D eigenvalue weighted by Crippen LogP contribution is 2.27. The van der Waals surface area contributed by atoms with Gasteiger partial charge in [-0.1, -0.05) is 6.07 Å². The third kappa shape index (κ3) is 3.86. The van der Waals surface area contributed by atoms with Crippen molar-refractivity contribution in [3.8, 4) is 17.4 Å². The molecule has 0 amide bonds. The molecule has 0 spiro atoms. The SMILES string of the molecule is COc1ccc(CCN)c(OCc2cccnc2OC)c1. The van der Waals surface area contributed by atoms with Crippen LogP contribution in [-0.2, 0) is 13.0 Å². The summed E-state index contributed by atoms with van der Waals surface area (Å²) in [6.45, 7) is 0.945. The Morgan fingerprint density at radius 3 is 2.67 bits per heavy atom. The van der Waals surface area contributed by atoms with Gasteiger partial charge in [0, 0.05) is 12.3 Å². The molecular formula is C16H20N2O3. The van der Waals surface area contributed by atoms with Gasteiger partial charge in [0.15, 0.2) is 0 Å². The molecule has 2 rings (SSSR count). The van der Waals surface area contributed by atoms with Crippen LogP contribution in [-0.4, -0.2) is 25.7 Å². The van der Waals surface area contributed by atoms with Crippen LogP contribution in [0.2, 0.25) is 0 Å². The fourth-order valence-electron chi connectivity index (χ4n) is 2.03. The highest BCUT2D eigenvalue weighted by Gasteiger charge is 2.08. The average molecular weight is 288 g/mol. The van der Waals surface area contributed by atoms with E-state index in [0.29, 0.717) is 19.0 Å². The maximum atomic E-state index is 5.91. The third-order valence-electron chi connectivity index (χ3n) is 3.11. The minimum absolute atomic E-state index is 0.377. The van der Waals surface area contributed by atoms with E-state index in [9.17, 15) is 0 Å². The van der Waals surface area contributed by atoms with E-state index < -0.39 is 0 Å². The molecule has 0 aliphatic rings. The number of hydrogen-bond donors (Lipinski definition) is 1. The Kier molecular flexibility index (Phi) is 5.40. The van der Waals surface area contributed by atoms with Gasteiger partial charge in [-0.15, -0.1) is 0 Å². The second kappa shape index (κ2) is 7.50. The standard InChI is InChI=1S/C16H20N2O3/c1-19-14-6-5-12(7-8-17)15(10-14)21-11-13-4-3-9-18-16(13)20-2/h3-6,9-10H,7-8,11,17H2,1-2H3. The lowest BCUT2D eigenvalue weighted by Gasteiger charge is -2.13. The van der Waals surface area contributed by atoms with Crippen LogP contribution in [0.15, 0.2) is 36.5 Å². The quantitative estimate of drug-likeness (QED) is 0.846. The molecule has 0 aliphatic heterocycles. The van der Waals surface area contributed by atoms with E-state index in [0.717, 1.165) is 29.0 Å². The monoisotopic (exact) mass is 288 g/mol. The van der Waals surface area contributed by atoms with Crippen LogP contribution in [0.4, 0.5) is 0 Å². The van der Waals surface area contributed by atoms with E-state index in [-0.39, 0.29) is 0 Å². The second-order valence-electron chi connectivity index (χ2n) is 4.47. The van der Waals surface area contributed by atoms with E-state index in [1.165, 1.54) is 0 Å². The Morgan fingerprint density at radius 2 is 1.95 bits per heavy atom. The minimum Gasteiger partial charge on any atom is -0.497 e. The van der Waals surface area contributed by atoms with Crippen molar-refractivity contribution in [1.29, 1.82) is 0 Å². The van der Waals surface area contributed by atoms with Crippen LogP contribution < -0.4 is 19.9 Å². The first-order chi connectivity index (χ1) is 10.3. The second-order valence-corrected chi connectivity index (χ2v) is 4.47. The largest absolute Gasteiger partial charge is 0.497 e. The van der Waals surface area contributed by atoms with Gasteiger partial charge >= 0.3 is 0 Å². The number of benzene rings is 1. The molecule has 0 bridgehead atoms. The molecule has 0 aliphatic carbocycles. The summed E-state index contributed by atoms with van der Waals surface area (Å²) < 4.78 is 16.4. The number of aromatic nitrogens is 1. The van der Waals surface area contributed by atoms with Crippen molar-refractivity contribution in [3.05, 3.63) is 47.7 Å². The topological polar surface area (TPSA) is 66.6 Å². The summed E-state index contributed by atoms with van der Waals surface area (Å²) in [6, 6.07) is 9.53. The minimum atomic E-state index is 0.377. The highest BCUT2D eigenvalue weighted by molar-refractivity contribution is 5.41. The summed E-state index contributed by atoms with van der Waals surface area (Å²) in [6.07, 6.45) is 2.44. The average Bonchev–Trinajstić information content (AvgIpc) is 2.54. The highest BCUT2D eigenvalue weighted by atomic mass is 16.5. The van der Waals surface area contributed by atoms with E-state index in [4.69, 9.17) is 19.9 Å². The fourth-order valence-corrected chi connectivity index (χ4v) is 2.03. The molecule has 0 fully saturated rings. The van der Waals surface area contributed by atoms with Gasteiger partial charge in [-0.25, -0.2) is 4.98 Å². The summed E-state index contributed by atoms with van der Waals surface area (Å²) in [5.74, 6) is 2.09. The smallest absolute Gasteiger partial charge is 0.219 e. The Morgan fingerprint density at radius 1 is 1.10 bits per heavy atom. The number of pyridine rings is 1. The van der Waals surface area contributed by atoms with E-state index >= 15 is 0 Å². The Balaban J connectivity index is 2.18. The van der Waals surface area contributed by atoms with Crippen molar-refractivity contribution < 1.29 is 14.2 Å². The Hall–Kier alpha value is -2.27. The van der Waals surface area contributed by atoms with Crippen LogP contribution in [0.3, 0.4) is 0 Å². The lowest BCUT2D eigenvalue weighted by atomic mass is 10.1. The lowest BCUT2D eigenvalue weighted by Crippen LogP contribution is -2.06. The van der Waals surface area contributed by atoms with Gasteiger partial charge in [0.1, 0.15) is 18.1 Å². The van der Waals surface area contributed by atoms with E-state index in [1.807, 2.05) is 30.3 Å². The van der Waals surface area contributed by atoms with Crippen molar-refractivity contribution in [3.63, 3.8) is 0 Å². The zero-order valence-electron chi connectivity index (χ0n) is 12.3. The molecule has 0 saturated heterocycles. The van der Waals surface area contributed by atoms with E-state index in [1.54, 1.807) is 20.4 Å². The molecule has 21 heavy (non-hydrogen) atoms. The van der Waals surface area contributed by atoms with Crippen LogP contribution in [0, 0.1) is 0 Å². The van der Waals surface area contributed by atoms with Crippen molar-refractivity contribution in [1.82, 2.24) is 4.98 Å². The number of nitrogens with two attached hydrogens (primary N) is 1. The van der Waals surface area contributed by atoms with Gasteiger partial charge in [-0.2, -0.15) is 0 Å². The van der Waals surface area contributed by atoms with Crippen LogP contribution in [0.5, 0.6) is 17.4 Å². The molecule has 0 radical (unpaired) electrons. The molecular weight excluding hydrogens is 268 g/mol.